The number of hydrogen-bond acceptors (Lipinski definition) is 2. The lowest BCUT2D eigenvalue weighted by Crippen LogP contribution is -1.87. The summed E-state index contributed by atoms with van der Waals surface area (Å²) in [5.41, 5.74) is 1.03. The van der Waals surface area contributed by atoms with Crippen LogP contribution in [0.15, 0.2) is 24.4 Å². The van der Waals surface area contributed by atoms with Crippen LogP contribution in [-0.4, -0.2) is 16.5 Å². The molecule has 0 fully saturated rings. The van der Waals surface area contributed by atoms with Crippen molar-refractivity contribution in [1.29, 1.82) is 0 Å². The second-order valence-electron chi connectivity index (χ2n) is 2.92. The van der Waals surface area contributed by atoms with Crippen LogP contribution in [0.25, 0.3) is 11.1 Å². The van der Waals surface area contributed by atoms with E-state index in [0.717, 1.165) is 0 Å². The minimum Gasteiger partial charge on any atom is -0.298 e. The molecule has 0 aliphatic rings. The molecule has 0 spiro atoms. The summed E-state index contributed by atoms with van der Waals surface area (Å²) in [4.78, 5) is 10.6. The third kappa shape index (κ3) is 1.64. The summed E-state index contributed by atoms with van der Waals surface area (Å²) in [6.45, 7) is 0. The molecule has 2 rings (SSSR count). The van der Waals surface area contributed by atoms with Crippen LogP contribution < -0.4 is 0 Å². The molecule has 76 valence electrons. The summed E-state index contributed by atoms with van der Waals surface area (Å²) in [7, 11) is 0. The molecule has 0 saturated carbocycles. The third-order valence-electron chi connectivity index (χ3n) is 2.04. The van der Waals surface area contributed by atoms with Gasteiger partial charge in [-0.15, -0.1) is 5.10 Å². The molecule has 0 unspecified atom stereocenters. The average Bonchev–Trinajstić information content (AvgIpc) is 2.65. The van der Waals surface area contributed by atoms with Gasteiger partial charge in [0.1, 0.15) is 0 Å². The molecule has 1 aromatic carbocycles. The summed E-state index contributed by atoms with van der Waals surface area (Å²) in [5, 5.41) is 5.97. The van der Waals surface area contributed by atoms with Crippen LogP contribution in [0.3, 0.4) is 0 Å². The quantitative estimate of drug-likeness (QED) is 0.798. The topological polar surface area (TPSA) is 45.8 Å². The highest BCUT2D eigenvalue weighted by Crippen LogP contribution is 2.30. The number of carbonyl (C=O) groups excluding carboxylic acids is 1. The van der Waals surface area contributed by atoms with Crippen molar-refractivity contribution in [2.45, 2.75) is 0 Å². The molecule has 1 aromatic heterocycles. The van der Waals surface area contributed by atoms with E-state index in [-0.39, 0.29) is 10.6 Å². The fraction of sp³-hybridized carbons (Fsp3) is 0. The highest BCUT2D eigenvalue weighted by atomic mass is 35.5. The molecule has 3 nitrogen and oxygen atoms in total. The standard InChI is InChI=1S/C10H6ClFN2O/c11-9-6(5-15)2-1-3-7(9)8-4-13-14-10(8)12/h1-5H,(H,13,14). The number of carbonyl (C=O) groups is 1. The fourth-order valence-electron chi connectivity index (χ4n) is 1.31. The lowest BCUT2D eigenvalue weighted by atomic mass is 10.1. The molecule has 0 bridgehead atoms. The number of H-pyrrole nitrogens is 1. The Kier molecular flexibility index (Phi) is 2.51. The van der Waals surface area contributed by atoms with Gasteiger partial charge >= 0.3 is 0 Å². The van der Waals surface area contributed by atoms with Crippen LogP contribution in [0, 0.1) is 5.95 Å². The Labute approximate surface area is 89.9 Å². The van der Waals surface area contributed by atoms with Gasteiger partial charge < -0.3 is 0 Å². The number of benzene rings is 1. The number of nitrogens with one attached hydrogen (secondary N) is 1. The van der Waals surface area contributed by atoms with E-state index in [0.29, 0.717) is 17.4 Å². The first-order valence-corrected chi connectivity index (χ1v) is 4.55. The lowest BCUT2D eigenvalue weighted by molar-refractivity contribution is 0.112. The van der Waals surface area contributed by atoms with Gasteiger partial charge in [-0.2, -0.15) is 4.39 Å². The monoisotopic (exact) mass is 224 g/mol. The zero-order chi connectivity index (χ0) is 10.8. The second-order valence-corrected chi connectivity index (χ2v) is 3.29. The Morgan fingerprint density at radius 2 is 2.20 bits per heavy atom. The van der Waals surface area contributed by atoms with Gasteiger partial charge in [-0.3, -0.25) is 9.89 Å². The number of nitrogens with zero attached hydrogens (tertiary/aromatic N) is 1. The van der Waals surface area contributed by atoms with Crippen molar-refractivity contribution >= 4 is 17.9 Å². The van der Waals surface area contributed by atoms with Crippen LogP contribution in [0.4, 0.5) is 4.39 Å². The van der Waals surface area contributed by atoms with Gasteiger partial charge in [0.25, 0.3) is 0 Å². The Hall–Kier alpha value is -1.68. The zero-order valence-corrected chi connectivity index (χ0v) is 8.25. The van der Waals surface area contributed by atoms with E-state index in [1.807, 2.05) is 0 Å². The van der Waals surface area contributed by atoms with E-state index < -0.39 is 5.95 Å². The molecule has 0 radical (unpaired) electrons. The van der Waals surface area contributed by atoms with Crippen molar-refractivity contribution in [3.05, 3.63) is 40.9 Å². The van der Waals surface area contributed by atoms with Crippen LogP contribution >= 0.6 is 11.6 Å². The maximum atomic E-state index is 13.2. The summed E-state index contributed by atoms with van der Waals surface area (Å²) in [6, 6.07) is 4.83. The van der Waals surface area contributed by atoms with E-state index in [9.17, 15) is 9.18 Å². The van der Waals surface area contributed by atoms with E-state index in [1.165, 1.54) is 6.20 Å². The maximum absolute atomic E-state index is 13.2. The first-order valence-electron chi connectivity index (χ1n) is 4.17. The van der Waals surface area contributed by atoms with Crippen molar-refractivity contribution in [3.8, 4) is 11.1 Å². The molecular weight excluding hydrogens is 219 g/mol. The van der Waals surface area contributed by atoms with Crippen LogP contribution in [0.5, 0.6) is 0 Å². The van der Waals surface area contributed by atoms with Crippen LogP contribution in [0.1, 0.15) is 10.4 Å². The molecule has 0 saturated heterocycles. The highest BCUT2D eigenvalue weighted by molar-refractivity contribution is 6.35. The SMILES string of the molecule is O=Cc1cccc(-c2c[nH]nc2F)c1Cl. The van der Waals surface area contributed by atoms with E-state index >= 15 is 0 Å². The minimum absolute atomic E-state index is 0.229. The number of aromatic nitrogens is 2. The molecule has 0 aliphatic heterocycles. The number of aromatic amines is 1. The first kappa shape index (κ1) is 9.86. The van der Waals surface area contributed by atoms with E-state index in [2.05, 4.69) is 10.2 Å². The minimum atomic E-state index is -0.639. The average molecular weight is 225 g/mol. The number of aldehydes is 1. The summed E-state index contributed by atoms with van der Waals surface area (Å²) < 4.78 is 13.2. The van der Waals surface area contributed by atoms with Crippen molar-refractivity contribution in [2.75, 3.05) is 0 Å². The number of hydrogen-bond donors (Lipinski definition) is 1. The molecule has 5 heteroatoms. The molecule has 1 N–H and O–H groups in total. The normalized spacial score (nSPS) is 10.3. The van der Waals surface area contributed by atoms with Gasteiger partial charge in [0.05, 0.1) is 10.6 Å². The fourth-order valence-corrected chi connectivity index (χ4v) is 1.58. The maximum Gasteiger partial charge on any atom is 0.240 e. The second kappa shape index (κ2) is 3.82. The Balaban J connectivity index is 2.64. The molecule has 0 aliphatic carbocycles. The lowest BCUT2D eigenvalue weighted by Gasteiger charge is -2.02. The van der Waals surface area contributed by atoms with Gasteiger partial charge in [-0.1, -0.05) is 29.8 Å². The molecule has 1 heterocycles. The first-order chi connectivity index (χ1) is 7.24. The Bertz CT molecular complexity index is 510. The van der Waals surface area contributed by atoms with Crippen LogP contribution in [0.2, 0.25) is 5.02 Å². The van der Waals surface area contributed by atoms with Gasteiger partial charge in [0.2, 0.25) is 5.95 Å². The molecule has 15 heavy (non-hydrogen) atoms. The summed E-state index contributed by atoms with van der Waals surface area (Å²) >= 11 is 5.93. The van der Waals surface area contributed by atoms with Crippen molar-refractivity contribution in [1.82, 2.24) is 10.2 Å². The smallest absolute Gasteiger partial charge is 0.240 e. The summed E-state index contributed by atoms with van der Waals surface area (Å²) in [5.74, 6) is -0.639. The zero-order valence-electron chi connectivity index (χ0n) is 7.50. The van der Waals surface area contributed by atoms with Gasteiger partial charge in [0, 0.05) is 17.3 Å². The predicted octanol–water partition coefficient (Wildman–Crippen LogP) is 2.68. The van der Waals surface area contributed by atoms with Gasteiger partial charge in [0.15, 0.2) is 6.29 Å². The Morgan fingerprint density at radius 3 is 2.80 bits per heavy atom. The number of halogens is 2. The third-order valence-corrected chi connectivity index (χ3v) is 2.46. The molecule has 2 aromatic rings. The van der Waals surface area contributed by atoms with Gasteiger partial charge in [-0.05, 0) is 0 Å². The van der Waals surface area contributed by atoms with Crippen molar-refractivity contribution in [3.63, 3.8) is 0 Å². The highest BCUT2D eigenvalue weighted by Gasteiger charge is 2.12. The van der Waals surface area contributed by atoms with E-state index in [1.54, 1.807) is 18.2 Å². The van der Waals surface area contributed by atoms with Gasteiger partial charge in [-0.25, -0.2) is 0 Å². The Morgan fingerprint density at radius 1 is 1.40 bits per heavy atom. The summed E-state index contributed by atoms with van der Waals surface area (Å²) in [6.07, 6.45) is 2.02. The van der Waals surface area contributed by atoms with Crippen molar-refractivity contribution < 1.29 is 9.18 Å². The van der Waals surface area contributed by atoms with E-state index in [4.69, 9.17) is 11.6 Å². The predicted molar refractivity (Wildman–Crippen MR) is 54.4 cm³/mol. The molecular formula is C10H6ClFN2O. The number of rotatable bonds is 2. The largest absolute Gasteiger partial charge is 0.298 e. The molecule has 0 atom stereocenters. The van der Waals surface area contributed by atoms with Crippen molar-refractivity contribution in [2.24, 2.45) is 0 Å². The van der Waals surface area contributed by atoms with Crippen LogP contribution in [-0.2, 0) is 0 Å². The molecule has 0 amide bonds.